The Hall–Kier alpha value is -1.44. The molecule has 1 aliphatic carbocycles. The first-order chi connectivity index (χ1) is 10.2. The monoisotopic (exact) mass is 315 g/mol. The Labute approximate surface area is 134 Å². The molecule has 1 nitrogen and oxygen atoms in total. The molecule has 2 aromatic carbocycles. The summed E-state index contributed by atoms with van der Waals surface area (Å²) in [4.78, 5) is 0. The van der Waals surface area contributed by atoms with Gasteiger partial charge < -0.3 is 5.32 Å². The van der Waals surface area contributed by atoms with Crippen molar-refractivity contribution in [2.45, 2.75) is 18.4 Å². The van der Waals surface area contributed by atoms with E-state index in [1.54, 1.807) is 0 Å². The fourth-order valence-electron chi connectivity index (χ4n) is 3.60. The fourth-order valence-corrected chi connectivity index (χ4v) is 3.97. The Morgan fingerprint density at radius 2 is 1.86 bits per heavy atom. The van der Waals surface area contributed by atoms with Gasteiger partial charge in [0.1, 0.15) is 0 Å². The van der Waals surface area contributed by atoms with Gasteiger partial charge in [0.05, 0.1) is 6.04 Å². The van der Waals surface area contributed by atoms with Crippen LogP contribution in [0.15, 0.2) is 54.6 Å². The highest BCUT2D eigenvalue weighted by Gasteiger charge is 2.37. The van der Waals surface area contributed by atoms with E-state index in [4.69, 9.17) is 23.2 Å². The summed E-state index contributed by atoms with van der Waals surface area (Å²) in [5.74, 6) is 0.957. The van der Waals surface area contributed by atoms with Crippen molar-refractivity contribution in [3.63, 3.8) is 0 Å². The quantitative estimate of drug-likeness (QED) is 0.654. The minimum Gasteiger partial charge on any atom is -0.378 e. The smallest absolute Gasteiger partial charge is 0.0554 e. The van der Waals surface area contributed by atoms with E-state index in [1.165, 1.54) is 16.8 Å². The maximum atomic E-state index is 6.17. The number of fused-ring (bicyclic) bond motifs is 3. The third-order valence-corrected chi connectivity index (χ3v) is 5.00. The van der Waals surface area contributed by atoms with Gasteiger partial charge in [0, 0.05) is 21.7 Å². The predicted molar refractivity (Wildman–Crippen MR) is 89.3 cm³/mol. The van der Waals surface area contributed by atoms with Gasteiger partial charge in [0.2, 0.25) is 0 Å². The molecule has 1 N–H and O–H groups in total. The molecule has 2 aliphatic rings. The van der Waals surface area contributed by atoms with Crippen LogP contribution in [0.5, 0.6) is 0 Å². The van der Waals surface area contributed by atoms with Gasteiger partial charge in [-0.2, -0.15) is 0 Å². The van der Waals surface area contributed by atoms with Crippen LogP contribution in [0, 0.1) is 5.92 Å². The third-order valence-electron chi connectivity index (χ3n) is 4.53. The predicted octanol–water partition coefficient (Wildman–Crippen LogP) is 5.82. The summed E-state index contributed by atoms with van der Waals surface area (Å²) in [5.41, 5.74) is 3.73. The molecule has 0 spiro atoms. The van der Waals surface area contributed by atoms with Gasteiger partial charge in [-0.25, -0.2) is 0 Å². The van der Waals surface area contributed by atoms with Crippen molar-refractivity contribution in [3.05, 3.63) is 75.8 Å². The Kier molecular flexibility index (Phi) is 3.20. The molecule has 1 heterocycles. The van der Waals surface area contributed by atoms with E-state index in [-0.39, 0.29) is 6.04 Å². The molecule has 0 fully saturated rings. The zero-order valence-corrected chi connectivity index (χ0v) is 12.9. The van der Waals surface area contributed by atoms with Crippen molar-refractivity contribution >= 4 is 28.9 Å². The van der Waals surface area contributed by atoms with E-state index in [9.17, 15) is 0 Å². The maximum Gasteiger partial charge on any atom is 0.0554 e. The van der Waals surface area contributed by atoms with Crippen LogP contribution >= 0.6 is 23.2 Å². The van der Waals surface area contributed by atoms with E-state index >= 15 is 0 Å². The number of halogens is 2. The number of benzene rings is 2. The fraction of sp³-hybridized carbons (Fsp3) is 0.222. The van der Waals surface area contributed by atoms with E-state index in [0.717, 1.165) is 16.5 Å². The molecule has 0 amide bonds. The van der Waals surface area contributed by atoms with Crippen LogP contribution in [0.2, 0.25) is 10.0 Å². The van der Waals surface area contributed by atoms with E-state index in [2.05, 4.69) is 41.7 Å². The van der Waals surface area contributed by atoms with Crippen molar-refractivity contribution in [1.82, 2.24) is 0 Å². The van der Waals surface area contributed by atoms with Crippen molar-refractivity contribution < 1.29 is 0 Å². The van der Waals surface area contributed by atoms with E-state index in [1.807, 2.05) is 18.2 Å². The Bertz CT molecular complexity index is 723. The number of nitrogens with one attached hydrogen (secondary N) is 1. The molecule has 3 atom stereocenters. The zero-order chi connectivity index (χ0) is 14.4. The minimum absolute atomic E-state index is 0.289. The molecular weight excluding hydrogens is 301 g/mol. The largest absolute Gasteiger partial charge is 0.378 e. The summed E-state index contributed by atoms with van der Waals surface area (Å²) in [6, 6.07) is 14.6. The standard InChI is InChI=1S/C18H15Cl2N/c19-12-4-1-3-11(9-12)18-15-6-2-5-14(15)16-10-13(20)7-8-17(16)21-18/h1-5,7-10,14-15,18,21H,6H2. The summed E-state index contributed by atoms with van der Waals surface area (Å²) in [6.45, 7) is 0. The maximum absolute atomic E-state index is 6.17. The lowest BCUT2D eigenvalue weighted by molar-refractivity contribution is 0.425. The van der Waals surface area contributed by atoms with Crippen molar-refractivity contribution in [3.8, 4) is 0 Å². The Balaban J connectivity index is 1.80. The van der Waals surface area contributed by atoms with Crippen molar-refractivity contribution in [2.24, 2.45) is 5.92 Å². The summed E-state index contributed by atoms with van der Waals surface area (Å²) in [5, 5.41) is 5.27. The van der Waals surface area contributed by atoms with Gasteiger partial charge in [0.15, 0.2) is 0 Å². The molecular formula is C18H15Cl2N. The number of hydrogen-bond acceptors (Lipinski definition) is 1. The van der Waals surface area contributed by atoms with E-state index < -0.39 is 0 Å². The van der Waals surface area contributed by atoms with Gasteiger partial charge in [-0.1, -0.05) is 47.5 Å². The molecule has 0 bridgehead atoms. The highest BCUT2D eigenvalue weighted by Crippen LogP contribution is 2.50. The molecule has 106 valence electrons. The molecule has 0 saturated carbocycles. The zero-order valence-electron chi connectivity index (χ0n) is 11.4. The summed E-state index contributed by atoms with van der Waals surface area (Å²) in [7, 11) is 0. The van der Waals surface area contributed by atoms with Crippen molar-refractivity contribution in [2.75, 3.05) is 5.32 Å². The number of rotatable bonds is 1. The first kappa shape index (κ1) is 13.2. The summed E-state index contributed by atoms with van der Waals surface area (Å²) in [6.07, 6.45) is 5.68. The lowest BCUT2D eigenvalue weighted by atomic mass is 9.77. The van der Waals surface area contributed by atoms with Crippen LogP contribution in [0.3, 0.4) is 0 Å². The summed E-state index contributed by atoms with van der Waals surface area (Å²) < 4.78 is 0. The minimum atomic E-state index is 0.289. The summed E-state index contributed by atoms with van der Waals surface area (Å²) >= 11 is 12.3. The Morgan fingerprint density at radius 1 is 1.00 bits per heavy atom. The topological polar surface area (TPSA) is 12.0 Å². The lowest BCUT2D eigenvalue weighted by Crippen LogP contribution is -2.29. The van der Waals surface area contributed by atoms with E-state index in [0.29, 0.717) is 11.8 Å². The van der Waals surface area contributed by atoms with Gasteiger partial charge in [-0.3, -0.25) is 0 Å². The van der Waals surface area contributed by atoms with Gasteiger partial charge >= 0.3 is 0 Å². The average molecular weight is 316 g/mol. The second kappa shape index (κ2) is 5.08. The average Bonchev–Trinajstić information content (AvgIpc) is 2.96. The molecule has 4 rings (SSSR count). The highest BCUT2D eigenvalue weighted by atomic mass is 35.5. The molecule has 3 unspecified atom stereocenters. The van der Waals surface area contributed by atoms with Crippen molar-refractivity contribution in [1.29, 1.82) is 0 Å². The SMILES string of the molecule is Clc1cccc(C2Nc3ccc(Cl)cc3C3C=CCC32)c1. The normalized spacial score (nSPS) is 26.1. The number of hydrogen-bond donors (Lipinski definition) is 1. The molecule has 3 heteroatoms. The molecule has 2 aromatic rings. The molecule has 1 aliphatic heterocycles. The second-order valence-corrected chi connectivity index (χ2v) is 6.63. The lowest BCUT2D eigenvalue weighted by Gasteiger charge is -2.37. The van der Waals surface area contributed by atoms with Crippen LogP contribution in [0.1, 0.15) is 29.5 Å². The van der Waals surface area contributed by atoms with Crippen LogP contribution in [0.25, 0.3) is 0 Å². The van der Waals surface area contributed by atoms with Crippen LogP contribution < -0.4 is 5.32 Å². The number of anilines is 1. The Morgan fingerprint density at radius 3 is 2.71 bits per heavy atom. The van der Waals surface area contributed by atoms with Crippen LogP contribution in [0.4, 0.5) is 5.69 Å². The first-order valence-electron chi connectivity index (χ1n) is 7.20. The van der Waals surface area contributed by atoms with Gasteiger partial charge in [0.25, 0.3) is 0 Å². The molecule has 0 radical (unpaired) electrons. The molecule has 0 aromatic heterocycles. The highest BCUT2D eigenvalue weighted by molar-refractivity contribution is 6.31. The first-order valence-corrected chi connectivity index (χ1v) is 7.96. The molecule has 21 heavy (non-hydrogen) atoms. The van der Waals surface area contributed by atoms with Crippen LogP contribution in [-0.4, -0.2) is 0 Å². The molecule has 0 saturated heterocycles. The van der Waals surface area contributed by atoms with Gasteiger partial charge in [-0.15, -0.1) is 0 Å². The number of allylic oxidation sites excluding steroid dienone is 2. The van der Waals surface area contributed by atoms with Crippen LogP contribution in [-0.2, 0) is 0 Å². The third kappa shape index (κ3) is 2.25. The van der Waals surface area contributed by atoms with Gasteiger partial charge in [-0.05, 0) is 53.8 Å². The second-order valence-electron chi connectivity index (χ2n) is 5.76.